The molecule has 1 heterocycles. The zero-order chi connectivity index (χ0) is 17.9. The molecule has 1 fully saturated rings. The van der Waals surface area contributed by atoms with E-state index in [1.165, 1.54) is 6.07 Å². The van der Waals surface area contributed by atoms with Crippen LogP contribution in [-0.4, -0.2) is 23.2 Å². The van der Waals surface area contributed by atoms with E-state index in [0.29, 0.717) is 24.2 Å². The Morgan fingerprint density at radius 3 is 2.54 bits per heavy atom. The number of ether oxygens (including phenoxy) is 1. The van der Waals surface area contributed by atoms with Crippen LogP contribution in [0.5, 0.6) is 5.75 Å². The van der Waals surface area contributed by atoms with E-state index in [-0.39, 0.29) is 37.5 Å². The predicted molar refractivity (Wildman–Crippen MR) is 98.5 cm³/mol. The smallest absolute Gasteiger partial charge is 0.240 e. The molecular weight excluding hydrogens is 359 g/mol. The quantitative estimate of drug-likeness (QED) is 0.718. The average molecular weight is 381 g/mol. The van der Waals surface area contributed by atoms with Crippen molar-refractivity contribution in [3.05, 3.63) is 65.5 Å². The summed E-state index contributed by atoms with van der Waals surface area (Å²) in [4.78, 5) is 11.6. The monoisotopic (exact) mass is 380 g/mol. The number of nitrogens with two attached hydrogens (primary N) is 1. The Hall–Kier alpha value is -2.15. The average Bonchev–Trinajstić information content (AvgIpc) is 3.08. The SMILES string of the molecule is Cl.NC(=O)[C@]1(CO)CC[C@H](c2ccc(OCc3ccccc3F)cc2)N1. The van der Waals surface area contributed by atoms with Crippen LogP contribution in [0.1, 0.15) is 30.0 Å². The number of hydrogen-bond acceptors (Lipinski definition) is 4. The number of halogens is 2. The van der Waals surface area contributed by atoms with Gasteiger partial charge in [0.05, 0.1) is 6.61 Å². The van der Waals surface area contributed by atoms with Crippen molar-refractivity contribution >= 4 is 18.3 Å². The molecule has 0 unspecified atom stereocenters. The molecule has 0 spiro atoms. The lowest BCUT2D eigenvalue weighted by Gasteiger charge is -2.24. The Balaban J connectivity index is 0.00000243. The Bertz CT molecular complexity index is 757. The van der Waals surface area contributed by atoms with Gasteiger partial charge in [-0.25, -0.2) is 4.39 Å². The minimum absolute atomic E-state index is 0. The number of aliphatic hydroxyl groups excluding tert-OH is 1. The van der Waals surface area contributed by atoms with Crippen molar-refractivity contribution in [1.29, 1.82) is 0 Å². The number of amides is 1. The fourth-order valence-corrected chi connectivity index (χ4v) is 3.09. The highest BCUT2D eigenvalue weighted by Crippen LogP contribution is 2.33. The highest BCUT2D eigenvalue weighted by Gasteiger charge is 2.43. The lowest BCUT2D eigenvalue weighted by atomic mass is 9.98. The fourth-order valence-electron chi connectivity index (χ4n) is 3.09. The number of rotatable bonds is 6. The molecule has 7 heteroatoms. The van der Waals surface area contributed by atoms with E-state index in [2.05, 4.69) is 5.32 Å². The summed E-state index contributed by atoms with van der Waals surface area (Å²) in [6.45, 7) is -0.161. The number of aliphatic hydroxyl groups is 1. The summed E-state index contributed by atoms with van der Waals surface area (Å²) in [6, 6.07) is 13.8. The number of hydrogen-bond donors (Lipinski definition) is 3. The van der Waals surface area contributed by atoms with Gasteiger partial charge >= 0.3 is 0 Å². The second-order valence-electron chi connectivity index (χ2n) is 6.29. The van der Waals surface area contributed by atoms with Gasteiger partial charge in [0.2, 0.25) is 5.91 Å². The number of nitrogens with one attached hydrogen (secondary N) is 1. The Labute approximate surface area is 157 Å². The Morgan fingerprint density at radius 1 is 1.27 bits per heavy atom. The van der Waals surface area contributed by atoms with Crippen molar-refractivity contribution in [2.24, 2.45) is 5.73 Å². The molecule has 2 aromatic carbocycles. The zero-order valence-electron chi connectivity index (χ0n) is 14.2. The van der Waals surface area contributed by atoms with Crippen molar-refractivity contribution in [1.82, 2.24) is 5.32 Å². The first kappa shape index (κ1) is 20.2. The van der Waals surface area contributed by atoms with Crippen LogP contribution in [0.3, 0.4) is 0 Å². The molecule has 140 valence electrons. The van der Waals surface area contributed by atoms with E-state index in [0.717, 1.165) is 5.56 Å². The maximum absolute atomic E-state index is 13.6. The first-order chi connectivity index (χ1) is 12.0. The van der Waals surface area contributed by atoms with Crippen LogP contribution < -0.4 is 15.8 Å². The normalized spacial score (nSPS) is 21.8. The standard InChI is InChI=1S/C19H21FN2O3.ClH/c20-16-4-2-1-3-14(16)11-25-15-7-5-13(6-8-15)17-9-10-19(12-23,22-17)18(21)24;/h1-8,17,22-23H,9-12H2,(H2,21,24);1H/t17-,19-;/m1./s1. The van der Waals surface area contributed by atoms with Crippen LogP contribution >= 0.6 is 12.4 Å². The molecule has 1 aliphatic rings. The highest BCUT2D eigenvalue weighted by molar-refractivity contribution is 5.85. The van der Waals surface area contributed by atoms with Crippen LogP contribution in [0.15, 0.2) is 48.5 Å². The van der Waals surface area contributed by atoms with E-state index < -0.39 is 11.4 Å². The molecule has 26 heavy (non-hydrogen) atoms. The molecule has 3 rings (SSSR count). The van der Waals surface area contributed by atoms with Crippen molar-refractivity contribution in [3.63, 3.8) is 0 Å². The molecule has 0 radical (unpaired) electrons. The molecule has 2 aromatic rings. The van der Waals surface area contributed by atoms with E-state index in [4.69, 9.17) is 10.5 Å². The van der Waals surface area contributed by atoms with Crippen LogP contribution in [0.2, 0.25) is 0 Å². The van der Waals surface area contributed by atoms with Gasteiger partial charge in [0.1, 0.15) is 23.7 Å². The van der Waals surface area contributed by atoms with Gasteiger partial charge in [-0.05, 0) is 36.6 Å². The molecule has 4 N–H and O–H groups in total. The third-order valence-electron chi connectivity index (χ3n) is 4.69. The molecule has 1 aliphatic heterocycles. The lowest BCUT2D eigenvalue weighted by Crippen LogP contribution is -2.54. The molecule has 0 saturated carbocycles. The maximum Gasteiger partial charge on any atom is 0.240 e. The summed E-state index contributed by atoms with van der Waals surface area (Å²) < 4.78 is 19.2. The molecule has 2 atom stereocenters. The Morgan fingerprint density at radius 2 is 1.96 bits per heavy atom. The molecule has 5 nitrogen and oxygen atoms in total. The number of carbonyl (C=O) groups excluding carboxylic acids is 1. The molecule has 1 saturated heterocycles. The van der Waals surface area contributed by atoms with Crippen molar-refractivity contribution in [3.8, 4) is 5.75 Å². The topological polar surface area (TPSA) is 84.6 Å². The largest absolute Gasteiger partial charge is 0.489 e. The van der Waals surface area contributed by atoms with Gasteiger partial charge in [-0.3, -0.25) is 10.1 Å². The third kappa shape index (κ3) is 4.15. The van der Waals surface area contributed by atoms with E-state index in [9.17, 15) is 14.3 Å². The summed E-state index contributed by atoms with van der Waals surface area (Å²) in [7, 11) is 0. The minimum atomic E-state index is -1.05. The minimum Gasteiger partial charge on any atom is -0.489 e. The first-order valence-corrected chi connectivity index (χ1v) is 8.19. The van der Waals surface area contributed by atoms with Crippen LogP contribution in [0.4, 0.5) is 4.39 Å². The lowest BCUT2D eigenvalue weighted by molar-refractivity contribution is -0.125. The summed E-state index contributed by atoms with van der Waals surface area (Å²) in [6.07, 6.45) is 1.20. The fraction of sp³-hybridized carbons (Fsp3) is 0.316. The summed E-state index contributed by atoms with van der Waals surface area (Å²) in [5, 5.41) is 12.6. The van der Waals surface area contributed by atoms with Gasteiger partial charge in [0.15, 0.2) is 0 Å². The van der Waals surface area contributed by atoms with Gasteiger partial charge < -0.3 is 15.6 Å². The molecular formula is C19H22ClFN2O3. The van der Waals surface area contributed by atoms with E-state index in [1.54, 1.807) is 30.3 Å². The number of benzene rings is 2. The van der Waals surface area contributed by atoms with E-state index >= 15 is 0 Å². The predicted octanol–water partition coefficient (Wildman–Crippen LogP) is 2.47. The number of primary amides is 1. The van der Waals surface area contributed by atoms with Crippen molar-refractivity contribution < 1.29 is 19.0 Å². The van der Waals surface area contributed by atoms with Gasteiger partial charge in [-0.1, -0.05) is 30.3 Å². The van der Waals surface area contributed by atoms with Gasteiger partial charge in [0.25, 0.3) is 0 Å². The van der Waals surface area contributed by atoms with Crippen molar-refractivity contribution in [2.45, 2.75) is 31.0 Å². The molecule has 0 aromatic heterocycles. The molecule has 0 bridgehead atoms. The van der Waals surface area contributed by atoms with Gasteiger partial charge in [-0.2, -0.15) is 0 Å². The molecule has 1 amide bonds. The van der Waals surface area contributed by atoms with Crippen LogP contribution in [0.25, 0.3) is 0 Å². The van der Waals surface area contributed by atoms with Gasteiger partial charge in [-0.15, -0.1) is 12.4 Å². The van der Waals surface area contributed by atoms with Crippen molar-refractivity contribution in [2.75, 3.05) is 6.61 Å². The summed E-state index contributed by atoms with van der Waals surface area (Å²) in [5.41, 5.74) is 5.83. The summed E-state index contributed by atoms with van der Waals surface area (Å²) >= 11 is 0. The van der Waals surface area contributed by atoms with E-state index in [1.807, 2.05) is 12.1 Å². The zero-order valence-corrected chi connectivity index (χ0v) is 15.0. The van der Waals surface area contributed by atoms with Crippen LogP contribution in [0, 0.1) is 5.82 Å². The first-order valence-electron chi connectivity index (χ1n) is 8.19. The maximum atomic E-state index is 13.6. The third-order valence-corrected chi connectivity index (χ3v) is 4.69. The van der Waals surface area contributed by atoms with Gasteiger partial charge in [0, 0.05) is 11.6 Å². The highest BCUT2D eigenvalue weighted by atomic mass is 35.5. The molecule has 0 aliphatic carbocycles. The number of carbonyl (C=O) groups is 1. The second kappa shape index (κ2) is 8.49. The second-order valence-corrected chi connectivity index (χ2v) is 6.29. The Kier molecular flexibility index (Phi) is 6.58. The summed E-state index contributed by atoms with van der Waals surface area (Å²) in [5.74, 6) is -0.197. The van der Waals surface area contributed by atoms with Crippen LogP contribution in [-0.2, 0) is 11.4 Å².